The highest BCUT2D eigenvalue weighted by atomic mass is 32.2. The second-order valence-corrected chi connectivity index (χ2v) is 8.72. The van der Waals surface area contributed by atoms with Gasteiger partial charge in [0.2, 0.25) is 0 Å². The summed E-state index contributed by atoms with van der Waals surface area (Å²) in [5, 5.41) is 4.32. The van der Waals surface area contributed by atoms with Gasteiger partial charge in [-0.2, -0.15) is 5.10 Å². The molecule has 0 atom stereocenters. The molecule has 150 valence electrons. The number of fused-ring (bicyclic) bond motifs is 1. The zero-order valence-electron chi connectivity index (χ0n) is 16.8. The van der Waals surface area contributed by atoms with E-state index in [4.69, 9.17) is 0 Å². The first-order valence-corrected chi connectivity index (χ1v) is 10.9. The first-order valence-electron chi connectivity index (χ1n) is 9.41. The molecular formula is C21H23N5O2S. The number of aryl methyl sites for hydroxylation is 3. The number of rotatable bonds is 5. The fourth-order valence-corrected chi connectivity index (χ4v) is 5.01. The van der Waals surface area contributed by atoms with Gasteiger partial charge in [0, 0.05) is 30.2 Å². The Balaban J connectivity index is 1.69. The summed E-state index contributed by atoms with van der Waals surface area (Å²) in [6, 6.07) is 11.3. The molecule has 0 bridgehead atoms. The van der Waals surface area contributed by atoms with Gasteiger partial charge in [-0.15, -0.1) is 0 Å². The number of benzene rings is 1. The van der Waals surface area contributed by atoms with Gasteiger partial charge in [-0.3, -0.25) is 9.40 Å². The summed E-state index contributed by atoms with van der Waals surface area (Å²) in [5.41, 5.74) is 5.21. The Labute approximate surface area is 170 Å². The van der Waals surface area contributed by atoms with Crippen molar-refractivity contribution in [2.45, 2.75) is 39.1 Å². The third-order valence-electron chi connectivity index (χ3n) is 4.91. The first kappa shape index (κ1) is 19.2. The zero-order valence-corrected chi connectivity index (χ0v) is 17.7. The zero-order chi connectivity index (χ0) is 20.8. The lowest BCUT2D eigenvalue weighted by Crippen LogP contribution is -2.15. The molecule has 7 nitrogen and oxygen atoms in total. The summed E-state index contributed by atoms with van der Waals surface area (Å²) in [5.74, 6) is 0. The molecule has 0 amide bonds. The highest BCUT2D eigenvalue weighted by Crippen LogP contribution is 2.26. The Kier molecular flexibility index (Phi) is 4.66. The molecule has 29 heavy (non-hydrogen) atoms. The summed E-state index contributed by atoms with van der Waals surface area (Å²) in [7, 11) is -3.75. The number of nitrogens with zero attached hydrogens (tertiary/aromatic N) is 4. The number of nitrogens with one attached hydrogen (secondary N) is 1. The molecule has 3 heterocycles. The Morgan fingerprint density at radius 3 is 2.62 bits per heavy atom. The molecular weight excluding hydrogens is 386 g/mol. The Bertz CT molecular complexity index is 1320. The molecule has 8 heteroatoms. The van der Waals surface area contributed by atoms with Gasteiger partial charge < -0.3 is 4.40 Å². The van der Waals surface area contributed by atoms with Crippen LogP contribution >= 0.6 is 0 Å². The quantitative estimate of drug-likeness (QED) is 0.541. The summed E-state index contributed by atoms with van der Waals surface area (Å²) in [6.45, 7) is 8.05. The van der Waals surface area contributed by atoms with Crippen LogP contribution in [0.2, 0.25) is 0 Å². The third kappa shape index (κ3) is 3.51. The summed E-state index contributed by atoms with van der Waals surface area (Å²) >= 11 is 0. The maximum Gasteiger partial charge on any atom is 0.265 e. The fourth-order valence-electron chi connectivity index (χ4n) is 3.55. The van der Waals surface area contributed by atoms with Crippen molar-refractivity contribution in [3.8, 4) is 11.3 Å². The van der Waals surface area contributed by atoms with Crippen molar-refractivity contribution in [3.63, 3.8) is 0 Å². The predicted molar refractivity (Wildman–Crippen MR) is 114 cm³/mol. The maximum absolute atomic E-state index is 13.0. The van der Waals surface area contributed by atoms with Crippen LogP contribution < -0.4 is 4.72 Å². The van der Waals surface area contributed by atoms with Crippen molar-refractivity contribution in [2.24, 2.45) is 0 Å². The minimum Gasteiger partial charge on any atom is -0.306 e. The molecule has 0 aliphatic heterocycles. The monoisotopic (exact) mass is 409 g/mol. The fraction of sp³-hybridized carbons (Fsp3) is 0.238. The van der Waals surface area contributed by atoms with Crippen LogP contribution in [0.3, 0.4) is 0 Å². The molecule has 0 saturated carbocycles. The van der Waals surface area contributed by atoms with Crippen LogP contribution in [-0.4, -0.2) is 27.6 Å². The SMILES string of the molecule is CCn1nc(C)c(S(=O)(=O)Nc2cccc(-c3cn4ccc(C)cc4n3)c2)c1C. The smallest absolute Gasteiger partial charge is 0.265 e. The first-order chi connectivity index (χ1) is 13.8. The van der Waals surface area contributed by atoms with Gasteiger partial charge in [-0.1, -0.05) is 12.1 Å². The van der Waals surface area contributed by atoms with Crippen LogP contribution in [0.5, 0.6) is 0 Å². The van der Waals surface area contributed by atoms with Gasteiger partial charge >= 0.3 is 0 Å². The highest BCUT2D eigenvalue weighted by Gasteiger charge is 2.24. The minimum atomic E-state index is -3.75. The summed E-state index contributed by atoms with van der Waals surface area (Å²) < 4.78 is 32.4. The molecule has 0 unspecified atom stereocenters. The van der Waals surface area contributed by atoms with Crippen LogP contribution in [0.1, 0.15) is 23.9 Å². The van der Waals surface area contributed by atoms with E-state index in [1.165, 1.54) is 0 Å². The average Bonchev–Trinajstić information content (AvgIpc) is 3.21. The van der Waals surface area contributed by atoms with E-state index >= 15 is 0 Å². The van der Waals surface area contributed by atoms with Crippen molar-refractivity contribution in [1.82, 2.24) is 19.2 Å². The number of hydrogen-bond donors (Lipinski definition) is 1. The molecule has 0 spiro atoms. The third-order valence-corrected chi connectivity index (χ3v) is 6.54. The van der Waals surface area contributed by atoms with E-state index in [0.717, 1.165) is 22.5 Å². The molecule has 0 aliphatic rings. The molecule has 1 N–H and O–H groups in total. The predicted octanol–water partition coefficient (Wildman–Crippen LogP) is 3.94. The van der Waals surface area contributed by atoms with E-state index in [2.05, 4.69) is 14.8 Å². The van der Waals surface area contributed by atoms with Crippen LogP contribution in [0.4, 0.5) is 5.69 Å². The lowest BCUT2D eigenvalue weighted by molar-refractivity contribution is 0.598. The number of anilines is 1. The van der Waals surface area contributed by atoms with Crippen LogP contribution in [0, 0.1) is 20.8 Å². The summed E-state index contributed by atoms with van der Waals surface area (Å²) in [4.78, 5) is 4.88. The second kappa shape index (κ2) is 7.04. The largest absolute Gasteiger partial charge is 0.306 e. The Hall–Kier alpha value is -3.13. The van der Waals surface area contributed by atoms with E-state index in [9.17, 15) is 8.42 Å². The Morgan fingerprint density at radius 1 is 1.10 bits per heavy atom. The molecule has 3 aromatic heterocycles. The molecule has 0 fully saturated rings. The molecule has 0 aliphatic carbocycles. The van der Waals surface area contributed by atoms with Gasteiger partial charge in [-0.05, 0) is 57.5 Å². The second-order valence-electron chi connectivity index (χ2n) is 7.10. The maximum atomic E-state index is 13.0. The standard InChI is InChI=1S/C21H23N5O2S/c1-5-26-16(4)21(15(3)23-26)29(27,28)24-18-8-6-7-17(12-18)19-13-25-10-9-14(2)11-20(25)22-19/h6-13,24H,5H2,1-4H3. The van der Waals surface area contributed by atoms with Crippen molar-refractivity contribution >= 4 is 21.4 Å². The van der Waals surface area contributed by atoms with Crippen molar-refractivity contribution in [3.05, 3.63) is 65.7 Å². The van der Waals surface area contributed by atoms with E-state index in [1.807, 2.05) is 54.9 Å². The lowest BCUT2D eigenvalue weighted by Gasteiger charge is -2.09. The van der Waals surface area contributed by atoms with Crippen molar-refractivity contribution in [2.75, 3.05) is 4.72 Å². The van der Waals surface area contributed by atoms with E-state index in [0.29, 0.717) is 23.6 Å². The van der Waals surface area contributed by atoms with Gasteiger partial charge in [0.15, 0.2) is 0 Å². The van der Waals surface area contributed by atoms with Crippen molar-refractivity contribution < 1.29 is 8.42 Å². The van der Waals surface area contributed by atoms with Gasteiger partial charge in [-0.25, -0.2) is 13.4 Å². The molecule has 1 aromatic carbocycles. The van der Waals surface area contributed by atoms with Crippen molar-refractivity contribution in [1.29, 1.82) is 0 Å². The van der Waals surface area contributed by atoms with Gasteiger partial charge in [0.05, 0.1) is 17.1 Å². The average molecular weight is 410 g/mol. The molecule has 4 rings (SSSR count). The highest BCUT2D eigenvalue weighted by molar-refractivity contribution is 7.92. The van der Waals surface area contributed by atoms with Crippen LogP contribution in [0.15, 0.2) is 53.7 Å². The molecule has 0 radical (unpaired) electrons. The lowest BCUT2D eigenvalue weighted by atomic mass is 10.1. The number of pyridine rings is 1. The summed E-state index contributed by atoms with van der Waals surface area (Å²) in [6.07, 6.45) is 3.90. The number of aromatic nitrogens is 4. The van der Waals surface area contributed by atoms with Crippen LogP contribution in [0.25, 0.3) is 16.9 Å². The van der Waals surface area contributed by atoms with E-state index < -0.39 is 10.0 Å². The topological polar surface area (TPSA) is 81.3 Å². The normalized spacial score (nSPS) is 11.9. The number of imidazole rings is 1. The van der Waals surface area contributed by atoms with Gasteiger partial charge in [0.25, 0.3) is 10.0 Å². The Morgan fingerprint density at radius 2 is 1.90 bits per heavy atom. The minimum absolute atomic E-state index is 0.230. The van der Waals surface area contributed by atoms with E-state index in [-0.39, 0.29) is 4.90 Å². The van der Waals surface area contributed by atoms with E-state index in [1.54, 1.807) is 30.7 Å². The number of hydrogen-bond acceptors (Lipinski definition) is 4. The molecule has 0 saturated heterocycles. The van der Waals surface area contributed by atoms with Crippen LogP contribution in [-0.2, 0) is 16.6 Å². The van der Waals surface area contributed by atoms with Gasteiger partial charge in [0.1, 0.15) is 10.5 Å². The molecule has 4 aromatic rings. The number of sulfonamides is 1.